The largest absolute Gasteiger partial charge is 0.401 e. The van der Waals surface area contributed by atoms with Crippen molar-refractivity contribution in [3.8, 4) is 0 Å². The molecule has 1 aromatic heterocycles. The maximum atomic E-state index is 7.37. The van der Waals surface area contributed by atoms with E-state index >= 15 is 0 Å². The van der Waals surface area contributed by atoms with Crippen molar-refractivity contribution in [3.63, 3.8) is 0 Å². The number of aromatic nitrogens is 1. The summed E-state index contributed by atoms with van der Waals surface area (Å²) in [6.07, 6.45) is 3.11. The van der Waals surface area contributed by atoms with Crippen LogP contribution < -0.4 is 10.4 Å². The minimum absolute atomic E-state index is 0.00712. The summed E-state index contributed by atoms with van der Waals surface area (Å²) in [4.78, 5) is 4.64. The first-order valence-electron chi connectivity index (χ1n) is 10.7. The van der Waals surface area contributed by atoms with E-state index in [4.69, 9.17) is 4.43 Å². The quantitative estimate of drug-likeness (QED) is 0.250. The summed E-state index contributed by atoms with van der Waals surface area (Å²) in [7, 11) is -2.60. The average Bonchev–Trinajstić information content (AvgIpc) is 3.16. The van der Waals surface area contributed by atoms with Crippen molar-refractivity contribution >= 4 is 52.0 Å². The maximum absolute atomic E-state index is 7.37. The third-order valence-corrected chi connectivity index (χ3v) is 11.9. The first-order chi connectivity index (χ1) is 14.8. The lowest BCUT2D eigenvalue weighted by Gasteiger charge is -2.45. The Morgan fingerprint density at radius 1 is 1.06 bits per heavy atom. The van der Waals surface area contributed by atoms with E-state index in [1.54, 1.807) is 11.3 Å². The van der Waals surface area contributed by atoms with Gasteiger partial charge in [-0.15, -0.1) is 11.3 Å². The topological polar surface area (TPSA) is 22.1 Å². The Morgan fingerprint density at radius 3 is 2.03 bits per heavy atom. The van der Waals surface area contributed by atoms with Crippen LogP contribution in [0.5, 0.6) is 0 Å². The van der Waals surface area contributed by atoms with Crippen LogP contribution in [-0.4, -0.2) is 24.7 Å². The third-order valence-electron chi connectivity index (χ3n) is 5.63. The van der Waals surface area contributed by atoms with Crippen LogP contribution in [0.1, 0.15) is 44.8 Å². The van der Waals surface area contributed by atoms with Crippen molar-refractivity contribution in [1.82, 2.24) is 4.98 Å². The fourth-order valence-corrected chi connectivity index (χ4v) is 9.89. The van der Waals surface area contributed by atoms with Gasteiger partial charge >= 0.3 is 0 Å². The molecule has 0 bridgehead atoms. The van der Waals surface area contributed by atoms with Gasteiger partial charge in [0.25, 0.3) is 8.32 Å². The molecule has 0 radical (unpaired) electrons. The smallest absolute Gasteiger partial charge is 0.261 e. The van der Waals surface area contributed by atoms with Gasteiger partial charge in [0.2, 0.25) is 0 Å². The maximum Gasteiger partial charge on any atom is 0.261 e. The molecule has 31 heavy (non-hydrogen) atoms. The highest BCUT2D eigenvalue weighted by molar-refractivity contribution is 9.09. The zero-order chi connectivity index (χ0) is 22.5. The molecule has 1 heterocycles. The molecule has 2 nitrogen and oxygen atoms in total. The van der Waals surface area contributed by atoms with Gasteiger partial charge in [0, 0.05) is 10.7 Å². The van der Waals surface area contributed by atoms with Crippen LogP contribution in [0, 0.1) is 6.92 Å². The molecule has 0 aliphatic rings. The first kappa shape index (κ1) is 24.1. The van der Waals surface area contributed by atoms with E-state index in [2.05, 4.69) is 121 Å². The molecule has 0 aliphatic carbocycles. The number of alkyl halides is 1. The fourth-order valence-electron chi connectivity index (χ4n) is 4.16. The van der Waals surface area contributed by atoms with Crippen molar-refractivity contribution < 1.29 is 4.43 Å². The molecule has 0 saturated heterocycles. The zero-order valence-corrected chi connectivity index (χ0v) is 22.5. The fraction of sp³-hybridized carbons (Fsp3) is 0.346. The number of hydrogen-bond donors (Lipinski definition) is 0. The SMILES string of the molecule is C/C(=C\c1csc(C)n1)[C@H](CCBr)O[Si](c1ccccc1)(c1ccccc1)C(C)(C)C. The lowest BCUT2D eigenvalue weighted by Crippen LogP contribution is -2.67. The first-order valence-corrected chi connectivity index (χ1v) is 14.6. The van der Waals surface area contributed by atoms with Gasteiger partial charge in [-0.25, -0.2) is 4.98 Å². The predicted molar refractivity (Wildman–Crippen MR) is 141 cm³/mol. The van der Waals surface area contributed by atoms with Crippen molar-refractivity contribution in [3.05, 3.63) is 82.3 Å². The Labute approximate surface area is 200 Å². The van der Waals surface area contributed by atoms with E-state index in [0.717, 1.165) is 22.5 Å². The van der Waals surface area contributed by atoms with Gasteiger partial charge in [0.1, 0.15) is 0 Å². The molecule has 0 spiro atoms. The summed E-state index contributed by atoms with van der Waals surface area (Å²) in [5.41, 5.74) is 2.24. The van der Waals surface area contributed by atoms with E-state index in [1.807, 2.05) is 6.92 Å². The van der Waals surface area contributed by atoms with Gasteiger partial charge in [0.05, 0.1) is 16.8 Å². The number of aryl methyl sites for hydroxylation is 1. The summed E-state index contributed by atoms with van der Waals surface area (Å²) < 4.78 is 7.37. The molecule has 0 aliphatic heterocycles. The number of halogens is 1. The van der Waals surface area contributed by atoms with Gasteiger partial charge in [-0.3, -0.25) is 0 Å². The highest BCUT2D eigenvalue weighted by Gasteiger charge is 2.51. The minimum Gasteiger partial charge on any atom is -0.401 e. The van der Waals surface area contributed by atoms with Crippen LogP contribution in [0.25, 0.3) is 6.08 Å². The highest BCUT2D eigenvalue weighted by atomic mass is 79.9. The molecule has 164 valence electrons. The van der Waals surface area contributed by atoms with Crippen molar-refractivity contribution in [1.29, 1.82) is 0 Å². The molecule has 1 atom stereocenters. The Hall–Kier alpha value is -1.53. The zero-order valence-electron chi connectivity index (χ0n) is 19.1. The van der Waals surface area contributed by atoms with E-state index < -0.39 is 8.32 Å². The molecular weight excluding hydrogens is 482 g/mol. The van der Waals surface area contributed by atoms with Crippen LogP contribution in [-0.2, 0) is 4.43 Å². The molecule has 5 heteroatoms. The van der Waals surface area contributed by atoms with Crippen LogP contribution in [0.3, 0.4) is 0 Å². The summed E-state index contributed by atoms with van der Waals surface area (Å²) in [6, 6.07) is 21.7. The normalized spacial score (nSPS) is 13.9. The average molecular weight is 515 g/mol. The van der Waals surface area contributed by atoms with Crippen LogP contribution >= 0.6 is 27.3 Å². The van der Waals surface area contributed by atoms with E-state index in [9.17, 15) is 0 Å². The standard InChI is InChI=1S/C26H32BrNOSSi/c1-20(18-22-19-30-21(2)28-22)25(16-17-27)29-31(26(3,4)5,23-12-8-6-9-13-23)24-14-10-7-11-15-24/h6-15,18-19,25H,16-17H2,1-5H3/b20-18+/t25-/m0/s1. The molecule has 0 amide bonds. The lowest BCUT2D eigenvalue weighted by molar-refractivity contribution is 0.220. The molecule has 0 N–H and O–H groups in total. The van der Waals surface area contributed by atoms with Crippen LogP contribution in [0.4, 0.5) is 0 Å². The van der Waals surface area contributed by atoms with Crippen LogP contribution in [0.15, 0.2) is 71.6 Å². The summed E-state index contributed by atoms with van der Waals surface area (Å²) in [5.74, 6) is 0. The molecule has 2 aromatic carbocycles. The minimum atomic E-state index is -2.60. The summed E-state index contributed by atoms with van der Waals surface area (Å²) in [6.45, 7) is 11.2. The van der Waals surface area contributed by atoms with E-state index in [0.29, 0.717) is 0 Å². The number of nitrogens with zero attached hydrogens (tertiary/aromatic N) is 1. The Morgan fingerprint density at radius 2 is 1.61 bits per heavy atom. The number of benzene rings is 2. The second-order valence-electron chi connectivity index (χ2n) is 8.93. The number of rotatable bonds is 8. The Balaban J connectivity index is 2.15. The van der Waals surface area contributed by atoms with E-state index in [-0.39, 0.29) is 11.1 Å². The van der Waals surface area contributed by atoms with E-state index in [1.165, 1.54) is 15.9 Å². The molecular formula is C26H32BrNOSSi. The van der Waals surface area contributed by atoms with Gasteiger partial charge in [-0.2, -0.15) is 0 Å². The van der Waals surface area contributed by atoms with Crippen molar-refractivity contribution in [2.24, 2.45) is 0 Å². The number of thiazole rings is 1. The Bertz CT molecular complexity index is 956. The third kappa shape index (κ3) is 5.45. The highest BCUT2D eigenvalue weighted by Crippen LogP contribution is 2.38. The van der Waals surface area contributed by atoms with Gasteiger partial charge in [0.15, 0.2) is 0 Å². The molecule has 3 aromatic rings. The number of hydrogen-bond acceptors (Lipinski definition) is 3. The Kier molecular flexibility index (Phi) is 8.08. The van der Waals surface area contributed by atoms with Gasteiger partial charge in [-0.05, 0) is 47.3 Å². The van der Waals surface area contributed by atoms with Crippen LogP contribution in [0.2, 0.25) is 5.04 Å². The second kappa shape index (κ2) is 10.4. The predicted octanol–water partition coefficient (Wildman–Crippen LogP) is 6.59. The van der Waals surface area contributed by atoms with Crippen molar-refractivity contribution in [2.45, 2.75) is 52.2 Å². The summed E-state index contributed by atoms with van der Waals surface area (Å²) >= 11 is 5.36. The molecule has 0 fully saturated rings. The second-order valence-corrected chi connectivity index (χ2v) is 15.0. The molecule has 0 unspecified atom stereocenters. The van der Waals surface area contributed by atoms with Gasteiger partial charge < -0.3 is 4.43 Å². The van der Waals surface area contributed by atoms with Crippen molar-refractivity contribution in [2.75, 3.05) is 5.33 Å². The summed E-state index contributed by atoms with van der Waals surface area (Å²) in [5, 5.41) is 6.67. The van der Waals surface area contributed by atoms with Gasteiger partial charge in [-0.1, -0.05) is 97.4 Å². The monoisotopic (exact) mass is 513 g/mol. The molecule has 0 saturated carbocycles. The molecule has 3 rings (SSSR count). The lowest BCUT2D eigenvalue weighted by atomic mass is 10.1.